The fourth-order valence-electron chi connectivity index (χ4n) is 2.31. The van der Waals surface area contributed by atoms with E-state index >= 15 is 0 Å². The Morgan fingerprint density at radius 3 is 2.60 bits per heavy atom. The van der Waals surface area contributed by atoms with Gasteiger partial charge in [0.05, 0.1) is 0 Å². The Hall–Kier alpha value is -0.0800. The van der Waals surface area contributed by atoms with Gasteiger partial charge < -0.3 is 10.2 Å². The van der Waals surface area contributed by atoms with Crippen molar-refractivity contribution in [3.05, 3.63) is 0 Å². The summed E-state index contributed by atoms with van der Waals surface area (Å²) < 4.78 is 0. The van der Waals surface area contributed by atoms with Crippen LogP contribution in [0.2, 0.25) is 0 Å². The van der Waals surface area contributed by atoms with Crippen LogP contribution in [-0.4, -0.2) is 36.6 Å². The summed E-state index contributed by atoms with van der Waals surface area (Å²) in [7, 11) is 2.27. The first kappa shape index (κ1) is 13.0. The summed E-state index contributed by atoms with van der Waals surface area (Å²) in [4.78, 5) is 2.54. The summed E-state index contributed by atoms with van der Waals surface area (Å²) in [6, 6.07) is 0.710. The van der Waals surface area contributed by atoms with Crippen LogP contribution in [0, 0.1) is 5.92 Å². The molecule has 2 atom stereocenters. The molecule has 0 aromatic rings. The van der Waals surface area contributed by atoms with Crippen molar-refractivity contribution < 1.29 is 0 Å². The summed E-state index contributed by atoms with van der Waals surface area (Å²) in [6.07, 6.45) is 3.91. The SMILES string of the molecule is CCC(C)(C)N(C)CC1CCNC(C)C1. The number of piperidine rings is 1. The van der Waals surface area contributed by atoms with Gasteiger partial charge in [0.25, 0.3) is 0 Å². The van der Waals surface area contributed by atoms with Gasteiger partial charge in [0.1, 0.15) is 0 Å². The predicted octanol–water partition coefficient (Wildman–Crippen LogP) is 2.49. The highest BCUT2D eigenvalue weighted by molar-refractivity contribution is 4.82. The van der Waals surface area contributed by atoms with Gasteiger partial charge in [-0.1, -0.05) is 6.92 Å². The van der Waals surface area contributed by atoms with Gasteiger partial charge in [0.15, 0.2) is 0 Å². The maximum Gasteiger partial charge on any atom is 0.0147 e. The van der Waals surface area contributed by atoms with Gasteiger partial charge in [-0.3, -0.25) is 0 Å². The van der Waals surface area contributed by atoms with E-state index in [0.717, 1.165) is 5.92 Å². The molecule has 1 N–H and O–H groups in total. The highest BCUT2D eigenvalue weighted by Crippen LogP contribution is 2.22. The summed E-state index contributed by atoms with van der Waals surface area (Å²) in [5, 5.41) is 3.52. The Balaban J connectivity index is 2.40. The summed E-state index contributed by atoms with van der Waals surface area (Å²) in [5.74, 6) is 0.886. The van der Waals surface area contributed by atoms with Crippen molar-refractivity contribution >= 4 is 0 Å². The minimum Gasteiger partial charge on any atom is -0.314 e. The standard InChI is InChI=1S/C13H28N2/c1-6-13(3,4)15(5)10-12-7-8-14-11(2)9-12/h11-12,14H,6-10H2,1-5H3. The van der Waals surface area contributed by atoms with Gasteiger partial charge in [-0.25, -0.2) is 0 Å². The second kappa shape index (κ2) is 5.31. The first-order valence-corrected chi connectivity index (χ1v) is 6.40. The Morgan fingerprint density at radius 1 is 1.40 bits per heavy atom. The van der Waals surface area contributed by atoms with Crippen molar-refractivity contribution in [3.8, 4) is 0 Å². The molecule has 90 valence electrons. The smallest absolute Gasteiger partial charge is 0.0147 e. The third kappa shape index (κ3) is 3.76. The van der Waals surface area contributed by atoms with E-state index in [0.29, 0.717) is 11.6 Å². The fourth-order valence-corrected chi connectivity index (χ4v) is 2.31. The van der Waals surface area contributed by atoms with Crippen LogP contribution in [0.15, 0.2) is 0 Å². The number of hydrogen-bond acceptors (Lipinski definition) is 2. The monoisotopic (exact) mass is 212 g/mol. The Kier molecular flexibility index (Phi) is 4.60. The summed E-state index contributed by atoms with van der Waals surface area (Å²) in [5.41, 5.74) is 0.355. The summed E-state index contributed by atoms with van der Waals surface area (Å²) in [6.45, 7) is 11.7. The molecular formula is C13H28N2. The molecule has 0 aliphatic carbocycles. The van der Waals surface area contributed by atoms with Gasteiger partial charge >= 0.3 is 0 Å². The van der Waals surface area contributed by atoms with Crippen LogP contribution in [0.1, 0.15) is 47.0 Å². The zero-order valence-corrected chi connectivity index (χ0v) is 11.1. The molecule has 0 aromatic heterocycles. The van der Waals surface area contributed by atoms with Crippen molar-refractivity contribution in [3.63, 3.8) is 0 Å². The van der Waals surface area contributed by atoms with Crippen LogP contribution in [0.25, 0.3) is 0 Å². The van der Waals surface area contributed by atoms with Crippen molar-refractivity contribution in [2.45, 2.75) is 58.5 Å². The third-order valence-electron chi connectivity index (χ3n) is 4.16. The van der Waals surface area contributed by atoms with Crippen LogP contribution in [0.4, 0.5) is 0 Å². The van der Waals surface area contributed by atoms with E-state index in [9.17, 15) is 0 Å². The van der Waals surface area contributed by atoms with E-state index in [1.165, 1.54) is 32.4 Å². The average molecular weight is 212 g/mol. The first-order chi connectivity index (χ1) is 6.95. The minimum atomic E-state index is 0.355. The molecule has 0 saturated carbocycles. The molecule has 15 heavy (non-hydrogen) atoms. The van der Waals surface area contributed by atoms with E-state index in [1.54, 1.807) is 0 Å². The minimum absolute atomic E-state index is 0.355. The van der Waals surface area contributed by atoms with Crippen LogP contribution in [0.3, 0.4) is 0 Å². The van der Waals surface area contributed by atoms with Crippen LogP contribution in [-0.2, 0) is 0 Å². The second-order valence-electron chi connectivity index (χ2n) is 5.79. The Morgan fingerprint density at radius 2 is 2.07 bits per heavy atom. The van der Waals surface area contributed by atoms with Crippen LogP contribution >= 0.6 is 0 Å². The maximum absolute atomic E-state index is 3.52. The zero-order chi connectivity index (χ0) is 11.5. The number of nitrogens with zero attached hydrogens (tertiary/aromatic N) is 1. The topological polar surface area (TPSA) is 15.3 Å². The molecule has 2 nitrogen and oxygen atoms in total. The molecule has 2 unspecified atom stereocenters. The van der Waals surface area contributed by atoms with E-state index < -0.39 is 0 Å². The van der Waals surface area contributed by atoms with Gasteiger partial charge in [0, 0.05) is 18.1 Å². The number of nitrogens with one attached hydrogen (secondary N) is 1. The van der Waals surface area contributed by atoms with Crippen molar-refractivity contribution in [2.75, 3.05) is 20.1 Å². The lowest BCUT2D eigenvalue weighted by atomic mass is 9.90. The lowest BCUT2D eigenvalue weighted by molar-refractivity contribution is 0.112. The lowest BCUT2D eigenvalue weighted by Gasteiger charge is -2.39. The van der Waals surface area contributed by atoms with Crippen molar-refractivity contribution in [2.24, 2.45) is 5.92 Å². The molecule has 0 bridgehead atoms. The Bertz CT molecular complexity index is 189. The average Bonchev–Trinajstić information content (AvgIpc) is 2.17. The molecule has 1 saturated heterocycles. The highest BCUT2D eigenvalue weighted by Gasteiger charge is 2.26. The van der Waals surface area contributed by atoms with Gasteiger partial charge in [-0.2, -0.15) is 0 Å². The molecule has 1 rings (SSSR count). The number of hydrogen-bond donors (Lipinski definition) is 1. The molecule has 0 aromatic carbocycles. The van der Waals surface area contributed by atoms with E-state index in [2.05, 4.69) is 45.0 Å². The second-order valence-corrected chi connectivity index (χ2v) is 5.79. The maximum atomic E-state index is 3.52. The quantitative estimate of drug-likeness (QED) is 0.770. The molecule has 1 aliphatic rings. The van der Waals surface area contributed by atoms with E-state index in [1.807, 2.05) is 0 Å². The molecule has 1 aliphatic heterocycles. The largest absolute Gasteiger partial charge is 0.314 e. The van der Waals surface area contributed by atoms with Gasteiger partial charge in [0.2, 0.25) is 0 Å². The number of rotatable bonds is 4. The van der Waals surface area contributed by atoms with Gasteiger partial charge in [-0.05, 0) is 59.5 Å². The molecule has 2 heteroatoms. The fraction of sp³-hybridized carbons (Fsp3) is 1.00. The van der Waals surface area contributed by atoms with Crippen LogP contribution < -0.4 is 5.32 Å². The normalized spacial score (nSPS) is 28.4. The molecule has 0 spiro atoms. The molecular weight excluding hydrogens is 184 g/mol. The van der Waals surface area contributed by atoms with Crippen molar-refractivity contribution in [1.82, 2.24) is 10.2 Å². The predicted molar refractivity (Wildman–Crippen MR) is 67.2 cm³/mol. The summed E-state index contributed by atoms with van der Waals surface area (Å²) >= 11 is 0. The zero-order valence-electron chi connectivity index (χ0n) is 11.1. The van der Waals surface area contributed by atoms with Crippen molar-refractivity contribution in [1.29, 1.82) is 0 Å². The van der Waals surface area contributed by atoms with E-state index in [4.69, 9.17) is 0 Å². The highest BCUT2D eigenvalue weighted by atomic mass is 15.2. The Labute approximate surface area is 95.4 Å². The van der Waals surface area contributed by atoms with E-state index in [-0.39, 0.29) is 0 Å². The third-order valence-corrected chi connectivity index (χ3v) is 4.16. The molecule has 1 heterocycles. The molecule has 0 amide bonds. The first-order valence-electron chi connectivity index (χ1n) is 6.40. The molecule has 1 fully saturated rings. The van der Waals surface area contributed by atoms with Gasteiger partial charge in [-0.15, -0.1) is 0 Å². The lowest BCUT2D eigenvalue weighted by Crippen LogP contribution is -2.46. The van der Waals surface area contributed by atoms with Crippen LogP contribution in [0.5, 0.6) is 0 Å². The molecule has 0 radical (unpaired) electrons.